The van der Waals surface area contributed by atoms with Crippen molar-refractivity contribution in [2.75, 3.05) is 18.1 Å². The topological polar surface area (TPSA) is 101 Å². The van der Waals surface area contributed by atoms with Gasteiger partial charge in [0.2, 0.25) is 0 Å². The molecule has 2 aromatic rings. The highest BCUT2D eigenvalue weighted by Gasteiger charge is 1.89. The number of nitrogens with zero attached hydrogens (tertiary/aromatic N) is 4. The van der Waals surface area contributed by atoms with Crippen LogP contribution >= 0.6 is 0 Å². The van der Waals surface area contributed by atoms with Gasteiger partial charge in [0.05, 0.1) is 11.4 Å². The fraction of sp³-hybridized carbons (Fsp3) is 0.0769. The zero-order valence-corrected chi connectivity index (χ0v) is 10.3. The Kier molecular flexibility index (Phi) is 4.17. The van der Waals surface area contributed by atoms with Crippen LogP contribution in [-0.2, 0) is 0 Å². The summed E-state index contributed by atoms with van der Waals surface area (Å²) in [5.41, 5.74) is 14.0. The number of rotatable bonds is 4. The highest BCUT2D eigenvalue weighted by atomic mass is 15.2. The molecule has 0 saturated carbocycles. The normalized spacial score (nSPS) is 11.4. The monoisotopic (exact) mass is 254 g/mol. The fourth-order valence-electron chi connectivity index (χ4n) is 1.34. The average Bonchev–Trinajstić information content (AvgIpc) is 2.43. The molecule has 96 valence electrons. The van der Waals surface area contributed by atoms with Crippen LogP contribution in [0.5, 0.6) is 0 Å². The van der Waals surface area contributed by atoms with Crippen molar-refractivity contribution >= 4 is 22.7 Å². The molecule has 0 unspecified atom stereocenters. The van der Waals surface area contributed by atoms with Crippen LogP contribution in [0.2, 0.25) is 0 Å². The molecule has 6 heteroatoms. The summed E-state index contributed by atoms with van der Waals surface area (Å²) in [6.07, 6.45) is 0. The molecule has 0 aliphatic heterocycles. The van der Waals surface area contributed by atoms with E-state index in [4.69, 9.17) is 11.5 Å². The molecule has 19 heavy (non-hydrogen) atoms. The van der Waals surface area contributed by atoms with Crippen molar-refractivity contribution in [2.24, 2.45) is 20.5 Å². The number of anilines is 2. The Labute approximate surface area is 110 Å². The number of hydrogen-bond acceptors (Lipinski definition) is 6. The van der Waals surface area contributed by atoms with E-state index in [1.807, 2.05) is 0 Å². The van der Waals surface area contributed by atoms with Gasteiger partial charge in [0.15, 0.2) is 6.67 Å². The molecule has 0 aliphatic carbocycles. The van der Waals surface area contributed by atoms with Crippen LogP contribution in [0.25, 0.3) is 0 Å². The second-order valence-electron chi connectivity index (χ2n) is 3.81. The fourth-order valence-corrected chi connectivity index (χ4v) is 1.34. The summed E-state index contributed by atoms with van der Waals surface area (Å²) in [6, 6.07) is 14.2. The largest absolute Gasteiger partial charge is 0.399 e. The third kappa shape index (κ3) is 4.19. The zero-order chi connectivity index (χ0) is 13.5. The van der Waals surface area contributed by atoms with Gasteiger partial charge in [-0.05, 0) is 48.5 Å². The Balaban J connectivity index is 1.86. The van der Waals surface area contributed by atoms with Gasteiger partial charge in [-0.25, -0.2) is 0 Å². The van der Waals surface area contributed by atoms with Gasteiger partial charge in [-0.15, -0.1) is 0 Å². The van der Waals surface area contributed by atoms with Crippen molar-refractivity contribution in [2.45, 2.75) is 0 Å². The first kappa shape index (κ1) is 12.7. The lowest BCUT2D eigenvalue weighted by Gasteiger charge is -1.93. The van der Waals surface area contributed by atoms with E-state index in [9.17, 15) is 0 Å². The predicted molar refractivity (Wildman–Crippen MR) is 75.6 cm³/mol. The molecule has 0 aromatic heterocycles. The van der Waals surface area contributed by atoms with Crippen LogP contribution in [0.4, 0.5) is 22.7 Å². The Bertz CT molecular complexity index is 518. The lowest BCUT2D eigenvalue weighted by atomic mass is 10.3. The summed E-state index contributed by atoms with van der Waals surface area (Å²) in [5, 5.41) is 15.8. The van der Waals surface area contributed by atoms with Crippen LogP contribution in [0.15, 0.2) is 69.0 Å². The number of hydrogen-bond donors (Lipinski definition) is 2. The van der Waals surface area contributed by atoms with Gasteiger partial charge >= 0.3 is 0 Å². The lowest BCUT2D eigenvalue weighted by Crippen LogP contribution is -1.81. The van der Waals surface area contributed by atoms with Crippen molar-refractivity contribution in [3.8, 4) is 0 Å². The maximum Gasteiger partial charge on any atom is 0.171 e. The van der Waals surface area contributed by atoms with E-state index in [0.717, 1.165) is 11.4 Å². The van der Waals surface area contributed by atoms with Crippen molar-refractivity contribution in [3.63, 3.8) is 0 Å². The van der Waals surface area contributed by atoms with E-state index in [-0.39, 0.29) is 6.67 Å². The third-order valence-corrected chi connectivity index (χ3v) is 2.29. The highest BCUT2D eigenvalue weighted by Crippen LogP contribution is 2.15. The molecule has 0 bridgehead atoms. The molecular weight excluding hydrogens is 240 g/mol. The Morgan fingerprint density at radius 1 is 0.632 bits per heavy atom. The molecule has 0 radical (unpaired) electrons. The molecule has 0 amide bonds. The molecule has 0 aliphatic rings. The summed E-state index contributed by atoms with van der Waals surface area (Å²) in [5.74, 6) is 0. The molecule has 0 heterocycles. The van der Waals surface area contributed by atoms with E-state index in [1.54, 1.807) is 48.5 Å². The quantitative estimate of drug-likeness (QED) is 0.642. The SMILES string of the molecule is Nc1ccc(N=NCN=Nc2ccc(N)cc2)cc1. The van der Waals surface area contributed by atoms with Crippen molar-refractivity contribution in [3.05, 3.63) is 48.5 Å². The summed E-state index contributed by atoms with van der Waals surface area (Å²) >= 11 is 0. The smallest absolute Gasteiger partial charge is 0.171 e. The minimum atomic E-state index is 0.175. The first-order chi connectivity index (χ1) is 9.24. The van der Waals surface area contributed by atoms with E-state index < -0.39 is 0 Å². The van der Waals surface area contributed by atoms with Gasteiger partial charge in [0.1, 0.15) is 0 Å². The van der Waals surface area contributed by atoms with Crippen LogP contribution in [0.1, 0.15) is 0 Å². The number of nitrogen functional groups attached to an aromatic ring is 2. The molecule has 4 N–H and O–H groups in total. The Hall–Kier alpha value is -2.76. The predicted octanol–water partition coefficient (Wildman–Crippen LogP) is 3.68. The van der Waals surface area contributed by atoms with Crippen LogP contribution in [0.3, 0.4) is 0 Å². The summed E-state index contributed by atoms with van der Waals surface area (Å²) in [6.45, 7) is 0.175. The molecule has 0 spiro atoms. The van der Waals surface area contributed by atoms with Gasteiger partial charge in [-0.2, -0.15) is 20.5 Å². The van der Waals surface area contributed by atoms with Gasteiger partial charge in [0, 0.05) is 11.4 Å². The highest BCUT2D eigenvalue weighted by molar-refractivity contribution is 5.47. The molecular formula is C13H14N6. The molecule has 6 nitrogen and oxygen atoms in total. The Morgan fingerprint density at radius 3 is 1.37 bits per heavy atom. The minimum Gasteiger partial charge on any atom is -0.399 e. The zero-order valence-electron chi connectivity index (χ0n) is 10.3. The van der Waals surface area contributed by atoms with Gasteiger partial charge in [0.25, 0.3) is 0 Å². The van der Waals surface area contributed by atoms with Crippen LogP contribution in [0, 0.1) is 0 Å². The Morgan fingerprint density at radius 2 is 1.00 bits per heavy atom. The molecule has 0 fully saturated rings. The number of nitrogens with two attached hydrogens (primary N) is 2. The lowest BCUT2D eigenvalue weighted by molar-refractivity contribution is 0.905. The van der Waals surface area contributed by atoms with Gasteiger partial charge < -0.3 is 11.5 Å². The standard InChI is InChI=1S/C13H14N6/c14-10-1-5-12(6-2-10)18-16-9-17-19-13-7-3-11(15)4-8-13/h1-8H,9,14-15H2. The second kappa shape index (κ2) is 6.25. The van der Waals surface area contributed by atoms with Gasteiger partial charge in [-0.3, -0.25) is 0 Å². The maximum absolute atomic E-state index is 5.56. The summed E-state index contributed by atoms with van der Waals surface area (Å²) in [7, 11) is 0. The van der Waals surface area contributed by atoms with Crippen molar-refractivity contribution in [1.29, 1.82) is 0 Å². The third-order valence-electron chi connectivity index (χ3n) is 2.29. The van der Waals surface area contributed by atoms with E-state index in [2.05, 4.69) is 20.5 Å². The average molecular weight is 254 g/mol. The minimum absolute atomic E-state index is 0.175. The number of azo groups is 2. The molecule has 2 aromatic carbocycles. The maximum atomic E-state index is 5.56. The summed E-state index contributed by atoms with van der Waals surface area (Å²) in [4.78, 5) is 0. The van der Waals surface area contributed by atoms with Crippen LogP contribution < -0.4 is 11.5 Å². The second-order valence-corrected chi connectivity index (χ2v) is 3.81. The van der Waals surface area contributed by atoms with Crippen molar-refractivity contribution in [1.82, 2.24) is 0 Å². The number of benzene rings is 2. The van der Waals surface area contributed by atoms with E-state index in [0.29, 0.717) is 11.4 Å². The van der Waals surface area contributed by atoms with Crippen molar-refractivity contribution < 1.29 is 0 Å². The van der Waals surface area contributed by atoms with Crippen LogP contribution in [-0.4, -0.2) is 6.67 Å². The molecule has 0 saturated heterocycles. The molecule has 2 rings (SSSR count). The first-order valence-electron chi connectivity index (χ1n) is 5.70. The van der Waals surface area contributed by atoms with E-state index in [1.165, 1.54) is 0 Å². The summed E-state index contributed by atoms with van der Waals surface area (Å²) < 4.78 is 0. The van der Waals surface area contributed by atoms with Gasteiger partial charge in [-0.1, -0.05) is 0 Å². The first-order valence-corrected chi connectivity index (χ1v) is 5.70. The molecule has 0 atom stereocenters. The van der Waals surface area contributed by atoms with E-state index >= 15 is 0 Å².